The minimum atomic E-state index is -0.797. The number of benzene rings is 1. The van der Waals surface area contributed by atoms with Crippen LogP contribution >= 0.6 is 0 Å². The number of nitrogens with zero attached hydrogens (tertiary/aromatic N) is 1. The van der Waals surface area contributed by atoms with Crippen molar-refractivity contribution < 1.29 is 9.90 Å². The lowest BCUT2D eigenvalue weighted by atomic mass is 10.1. The van der Waals surface area contributed by atoms with E-state index in [2.05, 4.69) is 0 Å². The van der Waals surface area contributed by atoms with Crippen LogP contribution in [0.5, 0.6) is 0 Å². The quantitative estimate of drug-likeness (QED) is 0.762. The first kappa shape index (κ1) is 9.58. The number of aliphatic carboxylic acids is 1. The van der Waals surface area contributed by atoms with Crippen LogP contribution in [0.3, 0.4) is 0 Å². The van der Waals surface area contributed by atoms with Gasteiger partial charge in [0.05, 0.1) is 6.42 Å². The molecule has 0 aliphatic rings. The van der Waals surface area contributed by atoms with Crippen LogP contribution in [0.15, 0.2) is 24.3 Å². The zero-order valence-corrected chi connectivity index (χ0v) is 7.82. The number of hydrogen-bond acceptors (Lipinski definition) is 2. The molecule has 13 heavy (non-hydrogen) atoms. The Bertz CT molecular complexity index is 308. The Labute approximate surface area is 77.6 Å². The van der Waals surface area contributed by atoms with Gasteiger partial charge in [-0.3, -0.25) is 4.79 Å². The topological polar surface area (TPSA) is 40.5 Å². The standard InChI is InChI=1S/C10H13NO2/c1-11(2)9-6-4-3-5-8(9)7-10(12)13/h3-6H,7H2,1-2H3,(H,12,13). The molecule has 1 aromatic carbocycles. The van der Waals surface area contributed by atoms with Crippen LogP contribution in [-0.4, -0.2) is 25.2 Å². The van der Waals surface area contributed by atoms with E-state index in [4.69, 9.17) is 5.11 Å². The van der Waals surface area contributed by atoms with Crippen molar-refractivity contribution in [3.05, 3.63) is 29.8 Å². The highest BCUT2D eigenvalue weighted by molar-refractivity contribution is 5.73. The van der Waals surface area contributed by atoms with Gasteiger partial charge >= 0.3 is 5.97 Å². The Morgan fingerprint density at radius 1 is 1.38 bits per heavy atom. The molecule has 0 bridgehead atoms. The fourth-order valence-electron chi connectivity index (χ4n) is 1.26. The molecule has 0 fully saturated rings. The van der Waals surface area contributed by atoms with E-state index in [1.807, 2.05) is 43.3 Å². The molecule has 3 nitrogen and oxygen atoms in total. The Morgan fingerprint density at radius 3 is 2.54 bits per heavy atom. The first-order valence-electron chi connectivity index (χ1n) is 4.08. The zero-order valence-electron chi connectivity index (χ0n) is 7.82. The lowest BCUT2D eigenvalue weighted by Crippen LogP contribution is -2.12. The highest BCUT2D eigenvalue weighted by atomic mass is 16.4. The van der Waals surface area contributed by atoms with Gasteiger partial charge in [-0.1, -0.05) is 18.2 Å². The van der Waals surface area contributed by atoms with Gasteiger partial charge in [0.1, 0.15) is 0 Å². The van der Waals surface area contributed by atoms with E-state index in [1.165, 1.54) is 0 Å². The van der Waals surface area contributed by atoms with Crippen molar-refractivity contribution in [1.29, 1.82) is 0 Å². The maximum atomic E-state index is 10.5. The summed E-state index contributed by atoms with van der Waals surface area (Å²) in [4.78, 5) is 12.4. The van der Waals surface area contributed by atoms with Crippen molar-refractivity contribution in [3.8, 4) is 0 Å². The Hall–Kier alpha value is -1.51. The maximum absolute atomic E-state index is 10.5. The molecule has 1 aromatic rings. The molecule has 0 aliphatic heterocycles. The largest absolute Gasteiger partial charge is 0.481 e. The highest BCUT2D eigenvalue weighted by Gasteiger charge is 2.06. The van der Waals surface area contributed by atoms with E-state index in [1.54, 1.807) is 0 Å². The molecular formula is C10H13NO2. The van der Waals surface area contributed by atoms with Crippen LogP contribution in [-0.2, 0) is 11.2 Å². The third kappa shape index (κ3) is 2.47. The molecule has 3 heteroatoms. The number of hydrogen-bond donors (Lipinski definition) is 1. The fraction of sp³-hybridized carbons (Fsp3) is 0.300. The summed E-state index contributed by atoms with van der Waals surface area (Å²) in [6, 6.07) is 7.51. The maximum Gasteiger partial charge on any atom is 0.307 e. The second-order valence-corrected chi connectivity index (χ2v) is 3.09. The van der Waals surface area contributed by atoms with Gasteiger partial charge in [0, 0.05) is 19.8 Å². The monoisotopic (exact) mass is 179 g/mol. The van der Waals surface area contributed by atoms with E-state index in [0.29, 0.717) is 0 Å². The van der Waals surface area contributed by atoms with E-state index in [0.717, 1.165) is 11.3 Å². The van der Waals surface area contributed by atoms with Crippen molar-refractivity contribution in [2.75, 3.05) is 19.0 Å². The predicted molar refractivity (Wildman–Crippen MR) is 52.1 cm³/mol. The molecule has 0 amide bonds. The van der Waals surface area contributed by atoms with Crippen LogP contribution in [0.25, 0.3) is 0 Å². The van der Waals surface area contributed by atoms with Gasteiger partial charge in [0.15, 0.2) is 0 Å². The SMILES string of the molecule is CN(C)c1ccccc1CC(=O)O. The number of carbonyl (C=O) groups is 1. The molecule has 0 radical (unpaired) electrons. The minimum absolute atomic E-state index is 0.0777. The van der Waals surface area contributed by atoms with E-state index in [-0.39, 0.29) is 6.42 Å². The van der Waals surface area contributed by atoms with Gasteiger partial charge in [-0.05, 0) is 11.6 Å². The summed E-state index contributed by atoms with van der Waals surface area (Å²) in [6.45, 7) is 0. The average Bonchev–Trinajstić information content (AvgIpc) is 2.03. The van der Waals surface area contributed by atoms with Crippen molar-refractivity contribution in [2.45, 2.75) is 6.42 Å². The molecule has 0 aromatic heterocycles. The van der Waals surface area contributed by atoms with Gasteiger partial charge in [-0.25, -0.2) is 0 Å². The second kappa shape index (κ2) is 3.94. The van der Waals surface area contributed by atoms with Crippen molar-refractivity contribution >= 4 is 11.7 Å². The molecule has 0 spiro atoms. The normalized spacial score (nSPS) is 9.69. The molecule has 0 saturated carbocycles. The third-order valence-electron chi connectivity index (χ3n) is 1.82. The number of rotatable bonds is 3. The number of para-hydroxylation sites is 1. The average molecular weight is 179 g/mol. The predicted octanol–water partition coefficient (Wildman–Crippen LogP) is 1.38. The summed E-state index contributed by atoms with van der Waals surface area (Å²) in [5, 5.41) is 8.65. The zero-order chi connectivity index (χ0) is 9.84. The summed E-state index contributed by atoms with van der Waals surface area (Å²) in [5.74, 6) is -0.797. The lowest BCUT2D eigenvalue weighted by molar-refractivity contribution is -0.136. The van der Waals surface area contributed by atoms with Crippen LogP contribution in [0.1, 0.15) is 5.56 Å². The summed E-state index contributed by atoms with van der Waals surface area (Å²) >= 11 is 0. The van der Waals surface area contributed by atoms with Crippen LogP contribution < -0.4 is 4.90 Å². The Balaban J connectivity index is 2.97. The van der Waals surface area contributed by atoms with Gasteiger partial charge in [-0.2, -0.15) is 0 Å². The molecule has 0 atom stereocenters. The number of anilines is 1. The molecular weight excluding hydrogens is 166 g/mol. The van der Waals surface area contributed by atoms with Crippen molar-refractivity contribution in [2.24, 2.45) is 0 Å². The van der Waals surface area contributed by atoms with E-state index in [9.17, 15) is 4.79 Å². The van der Waals surface area contributed by atoms with Crippen LogP contribution in [0.4, 0.5) is 5.69 Å². The van der Waals surface area contributed by atoms with Gasteiger partial charge in [-0.15, -0.1) is 0 Å². The molecule has 0 aliphatic carbocycles. The minimum Gasteiger partial charge on any atom is -0.481 e. The summed E-state index contributed by atoms with van der Waals surface area (Å²) < 4.78 is 0. The van der Waals surface area contributed by atoms with Crippen molar-refractivity contribution in [3.63, 3.8) is 0 Å². The molecule has 70 valence electrons. The van der Waals surface area contributed by atoms with Crippen molar-refractivity contribution in [1.82, 2.24) is 0 Å². The van der Waals surface area contributed by atoms with Gasteiger partial charge < -0.3 is 10.0 Å². The van der Waals surface area contributed by atoms with E-state index < -0.39 is 5.97 Å². The van der Waals surface area contributed by atoms with Gasteiger partial charge in [0.25, 0.3) is 0 Å². The number of carboxylic acid groups (broad SMARTS) is 1. The first-order valence-corrected chi connectivity index (χ1v) is 4.08. The Morgan fingerprint density at radius 2 is 2.00 bits per heavy atom. The first-order chi connectivity index (χ1) is 6.11. The van der Waals surface area contributed by atoms with Crippen LogP contribution in [0, 0.1) is 0 Å². The Kier molecular flexibility index (Phi) is 2.90. The molecule has 0 saturated heterocycles. The lowest BCUT2D eigenvalue weighted by Gasteiger charge is -2.15. The molecule has 0 heterocycles. The van der Waals surface area contributed by atoms with Crippen LogP contribution in [0.2, 0.25) is 0 Å². The molecule has 0 unspecified atom stereocenters. The fourth-order valence-corrected chi connectivity index (χ4v) is 1.26. The van der Waals surface area contributed by atoms with Gasteiger partial charge in [0.2, 0.25) is 0 Å². The molecule has 1 rings (SSSR count). The number of carboxylic acids is 1. The highest BCUT2D eigenvalue weighted by Crippen LogP contribution is 2.17. The summed E-state index contributed by atoms with van der Waals surface area (Å²) in [6.07, 6.45) is 0.0777. The molecule has 1 N–H and O–H groups in total. The van der Waals surface area contributed by atoms with E-state index >= 15 is 0 Å². The summed E-state index contributed by atoms with van der Waals surface area (Å²) in [5.41, 5.74) is 1.81. The third-order valence-corrected chi connectivity index (χ3v) is 1.82. The summed E-state index contributed by atoms with van der Waals surface area (Å²) in [7, 11) is 3.81. The second-order valence-electron chi connectivity index (χ2n) is 3.09. The smallest absolute Gasteiger partial charge is 0.307 e.